The van der Waals surface area contributed by atoms with E-state index in [9.17, 15) is 4.79 Å². The van der Waals surface area contributed by atoms with Crippen molar-refractivity contribution in [2.24, 2.45) is 0 Å². The van der Waals surface area contributed by atoms with Crippen LogP contribution in [0.3, 0.4) is 0 Å². The van der Waals surface area contributed by atoms with E-state index in [0.717, 1.165) is 30.5 Å². The molecule has 1 aliphatic rings. The molecule has 1 aromatic heterocycles. The van der Waals surface area contributed by atoms with E-state index in [1.54, 1.807) is 0 Å². The molecule has 1 saturated heterocycles. The average Bonchev–Trinajstić information content (AvgIpc) is 3.20. The molecule has 0 unspecified atom stereocenters. The maximum Gasteiger partial charge on any atom is 0.506 e. The highest BCUT2D eigenvalue weighted by Gasteiger charge is 2.29. The monoisotopic (exact) mass is 435 g/mol. The minimum atomic E-state index is -1.21. The predicted octanol–water partition coefficient (Wildman–Crippen LogP) is 4.83. The normalized spacial score (nSPS) is 14.8. The van der Waals surface area contributed by atoms with Crippen LogP contribution in [0.1, 0.15) is 42.8 Å². The molecule has 1 fully saturated rings. The molecule has 1 aliphatic heterocycles. The molecule has 7 nitrogen and oxygen atoms in total. The summed E-state index contributed by atoms with van der Waals surface area (Å²) in [5.41, 5.74) is 4.65. The third-order valence-electron chi connectivity index (χ3n) is 6.07. The molecule has 168 valence electrons. The van der Waals surface area contributed by atoms with E-state index in [1.165, 1.54) is 11.1 Å². The van der Waals surface area contributed by atoms with Gasteiger partial charge in [-0.25, -0.2) is 4.79 Å². The predicted molar refractivity (Wildman–Crippen MR) is 120 cm³/mol. The van der Waals surface area contributed by atoms with Gasteiger partial charge in [-0.3, -0.25) is 4.90 Å². The van der Waals surface area contributed by atoms with Gasteiger partial charge in [0.25, 0.3) is 0 Å². The van der Waals surface area contributed by atoms with Crippen LogP contribution < -0.4 is 0 Å². The average molecular weight is 436 g/mol. The SMILES string of the molecule is Cc1ccc(C(C)(C)CCc2nc(-c3ccc(CN4CC(OC(=O)O)C4)cc3)no2)cc1. The van der Waals surface area contributed by atoms with E-state index in [-0.39, 0.29) is 11.5 Å². The standard InChI is InChI=1S/C25H29N3O4/c1-17-4-10-20(11-5-17)25(2,3)13-12-22-26-23(27-32-22)19-8-6-18(7-9-19)14-28-15-21(16-28)31-24(29)30/h4-11,21H,12-16H2,1-3H3,(H,29,30). The van der Waals surface area contributed by atoms with E-state index in [4.69, 9.17) is 14.4 Å². The molecule has 0 bridgehead atoms. The van der Waals surface area contributed by atoms with E-state index in [0.29, 0.717) is 24.8 Å². The number of hydrogen-bond donors (Lipinski definition) is 1. The van der Waals surface area contributed by atoms with Crippen molar-refractivity contribution in [3.8, 4) is 11.4 Å². The van der Waals surface area contributed by atoms with Crippen molar-refractivity contribution in [3.63, 3.8) is 0 Å². The fourth-order valence-electron chi connectivity index (χ4n) is 3.93. The van der Waals surface area contributed by atoms with Crippen LogP contribution in [0, 0.1) is 6.92 Å². The first-order valence-electron chi connectivity index (χ1n) is 10.9. The maximum absolute atomic E-state index is 10.5. The molecule has 3 aromatic rings. The summed E-state index contributed by atoms with van der Waals surface area (Å²) in [6, 6.07) is 16.7. The quantitative estimate of drug-likeness (QED) is 0.507. The van der Waals surface area contributed by atoms with Gasteiger partial charge in [-0.05, 0) is 29.9 Å². The maximum atomic E-state index is 10.5. The molecule has 32 heavy (non-hydrogen) atoms. The van der Waals surface area contributed by atoms with Gasteiger partial charge < -0.3 is 14.4 Å². The summed E-state index contributed by atoms with van der Waals surface area (Å²) in [5.74, 6) is 1.24. The van der Waals surface area contributed by atoms with Gasteiger partial charge in [-0.2, -0.15) is 4.98 Å². The van der Waals surface area contributed by atoms with Gasteiger partial charge in [0.2, 0.25) is 11.7 Å². The Bertz CT molecular complexity index is 1050. The minimum absolute atomic E-state index is 0.0232. The minimum Gasteiger partial charge on any atom is -0.450 e. The lowest BCUT2D eigenvalue weighted by molar-refractivity contribution is -0.0363. The third-order valence-corrected chi connectivity index (χ3v) is 6.07. The number of hydrogen-bond acceptors (Lipinski definition) is 6. The number of carboxylic acid groups (broad SMARTS) is 1. The number of aryl methyl sites for hydroxylation is 2. The van der Waals surface area contributed by atoms with Crippen LogP contribution in [0.4, 0.5) is 4.79 Å². The molecule has 0 aliphatic carbocycles. The fourth-order valence-corrected chi connectivity index (χ4v) is 3.93. The molecule has 7 heteroatoms. The Morgan fingerprint density at radius 2 is 1.84 bits per heavy atom. The van der Waals surface area contributed by atoms with Crippen LogP contribution in [0.15, 0.2) is 53.1 Å². The molecule has 0 spiro atoms. The van der Waals surface area contributed by atoms with Gasteiger partial charge in [0.1, 0.15) is 6.10 Å². The van der Waals surface area contributed by atoms with Gasteiger partial charge in [0.15, 0.2) is 0 Å². The zero-order valence-electron chi connectivity index (χ0n) is 18.7. The largest absolute Gasteiger partial charge is 0.506 e. The molecule has 2 aromatic carbocycles. The number of likely N-dealkylation sites (tertiary alicyclic amines) is 1. The second-order valence-corrected chi connectivity index (χ2v) is 9.16. The highest BCUT2D eigenvalue weighted by Crippen LogP contribution is 2.29. The topological polar surface area (TPSA) is 88.7 Å². The number of ether oxygens (including phenoxy) is 1. The van der Waals surface area contributed by atoms with Crippen LogP contribution >= 0.6 is 0 Å². The van der Waals surface area contributed by atoms with Gasteiger partial charge in [0, 0.05) is 31.6 Å². The van der Waals surface area contributed by atoms with Crippen molar-refractivity contribution in [1.82, 2.24) is 15.0 Å². The van der Waals surface area contributed by atoms with Crippen LogP contribution in [-0.4, -0.2) is 45.5 Å². The third kappa shape index (κ3) is 5.34. The lowest BCUT2D eigenvalue weighted by Gasteiger charge is -2.37. The first-order chi connectivity index (χ1) is 15.3. The smallest absolute Gasteiger partial charge is 0.450 e. The van der Waals surface area contributed by atoms with Crippen LogP contribution in [0.5, 0.6) is 0 Å². The second kappa shape index (κ2) is 9.12. The second-order valence-electron chi connectivity index (χ2n) is 9.16. The molecule has 0 atom stereocenters. The fraction of sp³-hybridized carbons (Fsp3) is 0.400. The van der Waals surface area contributed by atoms with E-state index < -0.39 is 6.16 Å². The van der Waals surface area contributed by atoms with Crippen LogP contribution in [0.2, 0.25) is 0 Å². The summed E-state index contributed by atoms with van der Waals surface area (Å²) in [6.07, 6.45) is 0.206. The van der Waals surface area contributed by atoms with Crippen LogP contribution in [0.25, 0.3) is 11.4 Å². The van der Waals surface area contributed by atoms with Crippen molar-refractivity contribution in [2.75, 3.05) is 13.1 Å². The van der Waals surface area contributed by atoms with E-state index >= 15 is 0 Å². The molecule has 0 amide bonds. The van der Waals surface area contributed by atoms with Crippen molar-refractivity contribution in [3.05, 3.63) is 71.1 Å². The first-order valence-corrected chi connectivity index (χ1v) is 10.9. The summed E-state index contributed by atoms with van der Waals surface area (Å²) < 4.78 is 10.3. The summed E-state index contributed by atoms with van der Waals surface area (Å²) in [6.45, 7) is 8.58. The number of carbonyl (C=O) groups is 1. The number of nitrogens with zero attached hydrogens (tertiary/aromatic N) is 3. The molecular weight excluding hydrogens is 406 g/mol. The number of rotatable bonds is 8. The lowest BCUT2D eigenvalue weighted by atomic mass is 9.80. The van der Waals surface area contributed by atoms with Crippen molar-refractivity contribution in [1.29, 1.82) is 0 Å². The molecule has 4 rings (SSSR count). The number of aromatic nitrogens is 2. The summed E-state index contributed by atoms with van der Waals surface area (Å²) >= 11 is 0. The zero-order valence-corrected chi connectivity index (χ0v) is 18.7. The molecule has 0 saturated carbocycles. The Kier molecular flexibility index (Phi) is 6.28. The van der Waals surface area contributed by atoms with Crippen molar-refractivity contribution in [2.45, 2.75) is 51.7 Å². The van der Waals surface area contributed by atoms with Gasteiger partial charge in [-0.1, -0.05) is 73.1 Å². The molecule has 2 heterocycles. The highest BCUT2D eigenvalue weighted by molar-refractivity contribution is 5.57. The lowest BCUT2D eigenvalue weighted by Crippen LogP contribution is -2.52. The van der Waals surface area contributed by atoms with Crippen LogP contribution in [-0.2, 0) is 23.1 Å². The Labute approximate surface area is 188 Å². The van der Waals surface area contributed by atoms with Gasteiger partial charge in [-0.15, -0.1) is 0 Å². The van der Waals surface area contributed by atoms with Gasteiger partial charge in [0.05, 0.1) is 0 Å². The van der Waals surface area contributed by atoms with E-state index in [1.807, 2.05) is 24.3 Å². The van der Waals surface area contributed by atoms with E-state index in [2.05, 4.69) is 60.1 Å². The van der Waals surface area contributed by atoms with Crippen molar-refractivity contribution >= 4 is 6.16 Å². The Hall–Kier alpha value is -3.19. The molecule has 1 N–H and O–H groups in total. The first kappa shape index (κ1) is 22.0. The number of benzene rings is 2. The summed E-state index contributed by atoms with van der Waals surface area (Å²) in [5, 5.41) is 12.8. The summed E-state index contributed by atoms with van der Waals surface area (Å²) in [4.78, 5) is 17.3. The Morgan fingerprint density at radius 3 is 2.50 bits per heavy atom. The van der Waals surface area contributed by atoms with Crippen molar-refractivity contribution < 1.29 is 19.2 Å². The summed E-state index contributed by atoms with van der Waals surface area (Å²) in [7, 11) is 0. The molecular formula is C25H29N3O4. The van der Waals surface area contributed by atoms with Gasteiger partial charge >= 0.3 is 6.16 Å². The Balaban J connectivity index is 1.30. The Morgan fingerprint density at radius 1 is 1.16 bits per heavy atom. The molecule has 0 radical (unpaired) electrons. The highest BCUT2D eigenvalue weighted by atomic mass is 16.7. The zero-order chi connectivity index (χ0) is 22.7.